The highest BCUT2D eigenvalue weighted by molar-refractivity contribution is 6.33. The maximum absolute atomic E-state index is 13.5. The first-order valence-corrected chi connectivity index (χ1v) is 13.9. The third-order valence-electron chi connectivity index (χ3n) is 7.54. The molecule has 0 radical (unpaired) electrons. The van der Waals surface area contributed by atoms with Crippen LogP contribution in [0.2, 0.25) is 5.02 Å². The zero-order valence-corrected chi connectivity index (χ0v) is 23.6. The first-order chi connectivity index (χ1) is 19.2. The number of aryl methyl sites for hydroxylation is 1. The molecule has 5 rings (SSSR count). The number of carbonyl (C=O) groups is 2. The third kappa shape index (κ3) is 5.96. The van der Waals surface area contributed by atoms with Gasteiger partial charge in [0.15, 0.2) is 0 Å². The Morgan fingerprint density at radius 2 is 1.95 bits per heavy atom. The van der Waals surface area contributed by atoms with Gasteiger partial charge in [0.2, 0.25) is 11.9 Å². The van der Waals surface area contributed by atoms with E-state index in [1.807, 2.05) is 43.3 Å². The van der Waals surface area contributed by atoms with Crippen molar-refractivity contribution in [1.82, 2.24) is 20.2 Å². The minimum atomic E-state index is -0.810. The standard InChI is InChI=1S/C30H34ClN5O4/c1-17-5-4-6-20(13-17)26(19(3)37)34-28(38)18(2)36-16-22-8-7-21(14-24(22)29(36)39)27-25(31)15-32-30(35-27)33-23-9-11-40-12-10-23/h4-8,13-15,18-19,23,26,37H,9-12,16H2,1-3H3,(H,34,38)(H,32,33,35). The first kappa shape index (κ1) is 28.0. The average molecular weight is 564 g/mol. The molecule has 210 valence electrons. The quantitative estimate of drug-likeness (QED) is 0.374. The fourth-order valence-electron chi connectivity index (χ4n) is 5.21. The van der Waals surface area contributed by atoms with E-state index in [-0.39, 0.29) is 17.9 Å². The van der Waals surface area contributed by atoms with Gasteiger partial charge in [0.25, 0.3) is 5.91 Å². The summed E-state index contributed by atoms with van der Waals surface area (Å²) in [4.78, 5) is 37.3. The van der Waals surface area contributed by atoms with E-state index in [0.717, 1.165) is 29.5 Å². The number of aliphatic hydroxyl groups is 1. The summed E-state index contributed by atoms with van der Waals surface area (Å²) in [5, 5.41) is 17.1. The highest BCUT2D eigenvalue weighted by Gasteiger charge is 2.35. The average Bonchev–Trinajstić information content (AvgIpc) is 3.28. The Labute approximate surface area is 238 Å². The minimum Gasteiger partial charge on any atom is -0.391 e. The molecule has 1 saturated heterocycles. The van der Waals surface area contributed by atoms with Gasteiger partial charge in [-0.15, -0.1) is 0 Å². The van der Waals surface area contributed by atoms with Crippen molar-refractivity contribution in [2.24, 2.45) is 0 Å². The van der Waals surface area contributed by atoms with Crippen molar-refractivity contribution in [2.45, 2.75) is 64.4 Å². The van der Waals surface area contributed by atoms with E-state index >= 15 is 0 Å². The summed E-state index contributed by atoms with van der Waals surface area (Å²) >= 11 is 6.47. The number of halogens is 1. The van der Waals surface area contributed by atoms with Crippen molar-refractivity contribution >= 4 is 29.4 Å². The summed E-state index contributed by atoms with van der Waals surface area (Å²) in [6.45, 7) is 7.00. The number of benzene rings is 2. The van der Waals surface area contributed by atoms with Crippen LogP contribution in [0.5, 0.6) is 0 Å². The Balaban J connectivity index is 1.32. The van der Waals surface area contributed by atoms with Gasteiger partial charge in [-0.05, 0) is 50.8 Å². The van der Waals surface area contributed by atoms with Gasteiger partial charge in [-0.2, -0.15) is 0 Å². The molecular weight excluding hydrogens is 530 g/mol. The summed E-state index contributed by atoms with van der Waals surface area (Å²) in [7, 11) is 0. The van der Waals surface area contributed by atoms with E-state index in [9.17, 15) is 14.7 Å². The molecule has 1 aromatic heterocycles. The first-order valence-electron chi connectivity index (χ1n) is 13.6. The molecule has 0 bridgehead atoms. The number of nitrogens with zero attached hydrogens (tertiary/aromatic N) is 3. The molecule has 3 unspecified atom stereocenters. The normalized spacial score (nSPS) is 17.7. The second kappa shape index (κ2) is 11.9. The highest BCUT2D eigenvalue weighted by atomic mass is 35.5. The van der Waals surface area contributed by atoms with E-state index in [2.05, 4.69) is 20.6 Å². The van der Waals surface area contributed by atoms with Crippen molar-refractivity contribution in [2.75, 3.05) is 18.5 Å². The molecule has 3 aromatic rings. The summed E-state index contributed by atoms with van der Waals surface area (Å²) in [5.41, 5.74) is 4.40. The van der Waals surface area contributed by atoms with E-state index in [1.54, 1.807) is 31.0 Å². The lowest BCUT2D eigenvalue weighted by Gasteiger charge is -2.28. The number of aliphatic hydroxyl groups excluding tert-OH is 1. The molecule has 0 saturated carbocycles. The van der Waals surface area contributed by atoms with Crippen LogP contribution in [0.3, 0.4) is 0 Å². The van der Waals surface area contributed by atoms with Crippen molar-refractivity contribution in [3.63, 3.8) is 0 Å². The Hall–Kier alpha value is -3.53. The minimum absolute atomic E-state index is 0.227. The van der Waals surface area contributed by atoms with Gasteiger partial charge in [0.1, 0.15) is 6.04 Å². The molecule has 3 atom stereocenters. The SMILES string of the molecule is Cc1cccc(C(NC(=O)C(C)N2Cc3ccc(-c4nc(NC5CCOCC5)ncc4Cl)cc3C2=O)C(C)O)c1. The van der Waals surface area contributed by atoms with Crippen molar-refractivity contribution < 1.29 is 19.4 Å². The topological polar surface area (TPSA) is 117 Å². The molecule has 2 amide bonds. The van der Waals surface area contributed by atoms with Gasteiger partial charge in [-0.25, -0.2) is 9.97 Å². The fraction of sp³-hybridized carbons (Fsp3) is 0.400. The lowest BCUT2D eigenvalue weighted by molar-refractivity contribution is -0.126. The van der Waals surface area contributed by atoms with Crippen LogP contribution in [0.1, 0.15) is 59.8 Å². The van der Waals surface area contributed by atoms with Gasteiger partial charge in [0, 0.05) is 36.9 Å². The molecule has 3 heterocycles. The van der Waals surface area contributed by atoms with Crippen molar-refractivity contribution in [3.05, 3.63) is 75.9 Å². The molecule has 9 nitrogen and oxygen atoms in total. The van der Waals surface area contributed by atoms with Crippen LogP contribution < -0.4 is 10.6 Å². The zero-order valence-electron chi connectivity index (χ0n) is 22.9. The van der Waals surface area contributed by atoms with Gasteiger partial charge >= 0.3 is 0 Å². The number of ether oxygens (including phenoxy) is 1. The molecule has 10 heteroatoms. The number of anilines is 1. The molecule has 0 spiro atoms. The molecule has 2 aliphatic rings. The van der Waals surface area contributed by atoms with Crippen LogP contribution in [0.15, 0.2) is 48.7 Å². The highest BCUT2D eigenvalue weighted by Crippen LogP contribution is 2.32. The number of nitrogens with one attached hydrogen (secondary N) is 2. The fourth-order valence-corrected chi connectivity index (χ4v) is 5.41. The van der Waals surface area contributed by atoms with Crippen LogP contribution in [0, 0.1) is 6.92 Å². The Bertz CT molecular complexity index is 1410. The Morgan fingerprint density at radius 3 is 2.67 bits per heavy atom. The van der Waals surface area contributed by atoms with Crippen LogP contribution in [0.25, 0.3) is 11.3 Å². The summed E-state index contributed by atoms with van der Waals surface area (Å²) in [6.07, 6.45) is 2.50. The predicted octanol–water partition coefficient (Wildman–Crippen LogP) is 4.28. The van der Waals surface area contributed by atoms with Gasteiger partial charge in [-0.3, -0.25) is 9.59 Å². The molecular formula is C30H34ClN5O4. The second-order valence-electron chi connectivity index (χ2n) is 10.5. The van der Waals surface area contributed by atoms with Gasteiger partial charge < -0.3 is 25.4 Å². The van der Waals surface area contributed by atoms with E-state index < -0.39 is 18.2 Å². The Kier molecular flexibility index (Phi) is 8.35. The number of aromatic nitrogens is 2. The molecule has 0 aliphatic carbocycles. The number of fused-ring (bicyclic) bond motifs is 1. The summed E-state index contributed by atoms with van der Waals surface area (Å²) < 4.78 is 5.42. The third-order valence-corrected chi connectivity index (χ3v) is 7.82. The molecule has 1 fully saturated rings. The largest absolute Gasteiger partial charge is 0.391 e. The molecule has 2 aliphatic heterocycles. The van der Waals surface area contributed by atoms with Crippen LogP contribution in [0.4, 0.5) is 5.95 Å². The molecule has 40 heavy (non-hydrogen) atoms. The zero-order chi connectivity index (χ0) is 28.4. The lowest BCUT2D eigenvalue weighted by Crippen LogP contribution is -2.47. The second-order valence-corrected chi connectivity index (χ2v) is 11.0. The van der Waals surface area contributed by atoms with Crippen LogP contribution in [-0.4, -0.2) is 63.2 Å². The van der Waals surface area contributed by atoms with Gasteiger partial charge in [-0.1, -0.05) is 53.6 Å². The molecule has 3 N–H and O–H groups in total. The maximum Gasteiger partial charge on any atom is 0.255 e. The smallest absolute Gasteiger partial charge is 0.255 e. The summed E-state index contributed by atoms with van der Waals surface area (Å²) in [5.74, 6) is -0.0998. The lowest BCUT2D eigenvalue weighted by atomic mass is 10.00. The van der Waals surface area contributed by atoms with Gasteiger partial charge in [0.05, 0.1) is 29.1 Å². The van der Waals surface area contributed by atoms with E-state index in [1.165, 1.54) is 0 Å². The van der Waals surface area contributed by atoms with Crippen molar-refractivity contribution in [1.29, 1.82) is 0 Å². The number of rotatable bonds is 8. The number of carbonyl (C=O) groups excluding carboxylic acids is 2. The van der Waals surface area contributed by atoms with E-state index in [0.29, 0.717) is 47.6 Å². The van der Waals surface area contributed by atoms with E-state index in [4.69, 9.17) is 16.3 Å². The van der Waals surface area contributed by atoms with Crippen LogP contribution in [-0.2, 0) is 16.1 Å². The molecule has 2 aromatic carbocycles. The number of hydrogen-bond donors (Lipinski definition) is 3. The maximum atomic E-state index is 13.5. The van der Waals surface area contributed by atoms with Crippen LogP contribution >= 0.6 is 11.6 Å². The monoisotopic (exact) mass is 563 g/mol. The number of amides is 2. The number of hydrogen-bond acceptors (Lipinski definition) is 7. The summed E-state index contributed by atoms with van der Waals surface area (Å²) in [6, 6.07) is 12.1. The van der Waals surface area contributed by atoms with Crippen molar-refractivity contribution in [3.8, 4) is 11.3 Å². The predicted molar refractivity (Wildman–Crippen MR) is 153 cm³/mol. The Morgan fingerprint density at radius 1 is 1.18 bits per heavy atom.